The molecule has 0 atom stereocenters. The van der Waals surface area contributed by atoms with E-state index in [0.29, 0.717) is 11.3 Å². The molecule has 2 N–H and O–H groups in total. The number of benzene rings is 2. The van der Waals surface area contributed by atoms with Gasteiger partial charge in [0.25, 0.3) is 5.91 Å². The molecule has 1 heterocycles. The maximum atomic E-state index is 12.9. The molecule has 2 aromatic rings. The fraction of sp³-hybridized carbons (Fsp3) is 0.278. The minimum Gasteiger partial charge on any atom is -0.399 e. The zero-order valence-electron chi connectivity index (χ0n) is 12.5. The predicted molar refractivity (Wildman–Crippen MR) is 86.8 cm³/mol. The van der Waals surface area contributed by atoms with Crippen molar-refractivity contribution >= 4 is 17.3 Å². The van der Waals surface area contributed by atoms with Gasteiger partial charge in [0.15, 0.2) is 0 Å². The third kappa shape index (κ3) is 2.51. The lowest BCUT2D eigenvalue weighted by Crippen LogP contribution is -2.36. The maximum Gasteiger partial charge on any atom is 0.258 e. The number of carbonyl (C=O) groups excluding carboxylic acids is 1. The van der Waals surface area contributed by atoms with Gasteiger partial charge in [0.2, 0.25) is 0 Å². The maximum absolute atomic E-state index is 12.9. The normalized spacial score (nSPS) is 13.9. The highest BCUT2D eigenvalue weighted by molar-refractivity contribution is 6.07. The van der Waals surface area contributed by atoms with E-state index in [1.807, 2.05) is 24.0 Å². The first kappa shape index (κ1) is 13.7. The number of aryl methyl sites for hydroxylation is 3. The molecule has 1 amide bonds. The number of rotatable bonds is 1. The van der Waals surface area contributed by atoms with E-state index in [1.54, 1.807) is 6.07 Å². The van der Waals surface area contributed by atoms with Crippen LogP contribution in [0.25, 0.3) is 0 Å². The van der Waals surface area contributed by atoms with Crippen molar-refractivity contribution in [1.82, 2.24) is 0 Å². The van der Waals surface area contributed by atoms with Gasteiger partial charge in [-0.2, -0.15) is 0 Å². The summed E-state index contributed by atoms with van der Waals surface area (Å²) in [5.74, 6) is 0.0423. The summed E-state index contributed by atoms with van der Waals surface area (Å²) < 4.78 is 0. The molecule has 1 aliphatic heterocycles. The lowest BCUT2D eigenvalue weighted by atomic mass is 9.97. The smallest absolute Gasteiger partial charge is 0.258 e. The van der Waals surface area contributed by atoms with Gasteiger partial charge in [-0.3, -0.25) is 4.79 Å². The van der Waals surface area contributed by atoms with E-state index in [1.165, 1.54) is 5.56 Å². The van der Waals surface area contributed by atoms with Crippen molar-refractivity contribution < 1.29 is 4.79 Å². The van der Waals surface area contributed by atoms with Crippen molar-refractivity contribution in [3.05, 3.63) is 58.7 Å². The van der Waals surface area contributed by atoms with Crippen molar-refractivity contribution in [3.63, 3.8) is 0 Å². The molecule has 108 valence electrons. The van der Waals surface area contributed by atoms with Gasteiger partial charge in [-0.25, -0.2) is 0 Å². The molecule has 21 heavy (non-hydrogen) atoms. The number of hydrogen-bond acceptors (Lipinski definition) is 2. The van der Waals surface area contributed by atoms with E-state index >= 15 is 0 Å². The van der Waals surface area contributed by atoms with Crippen molar-refractivity contribution in [1.29, 1.82) is 0 Å². The third-order valence-electron chi connectivity index (χ3n) is 4.01. The number of carbonyl (C=O) groups is 1. The number of anilines is 2. The number of para-hydroxylation sites is 1. The summed E-state index contributed by atoms with van der Waals surface area (Å²) in [5, 5.41) is 0. The molecular weight excluding hydrogens is 260 g/mol. The van der Waals surface area contributed by atoms with Gasteiger partial charge in [-0.05, 0) is 61.6 Å². The molecule has 0 aliphatic carbocycles. The lowest BCUT2D eigenvalue weighted by Gasteiger charge is -2.31. The Kier molecular flexibility index (Phi) is 3.42. The number of amides is 1. The second-order valence-corrected chi connectivity index (χ2v) is 5.78. The summed E-state index contributed by atoms with van der Waals surface area (Å²) in [6, 6.07) is 11.8. The standard InChI is InChI=1S/C18H20N2O/c1-12-9-15(11-16(19)10-12)18(21)20-8-4-7-14-6-3-5-13(2)17(14)20/h3,5-6,9-11H,4,7-8,19H2,1-2H3. The van der Waals surface area contributed by atoms with Crippen LogP contribution < -0.4 is 10.6 Å². The van der Waals surface area contributed by atoms with Gasteiger partial charge < -0.3 is 10.6 Å². The van der Waals surface area contributed by atoms with Crippen molar-refractivity contribution in [2.75, 3.05) is 17.2 Å². The molecule has 0 fully saturated rings. The van der Waals surface area contributed by atoms with Crippen LogP contribution in [0.4, 0.5) is 11.4 Å². The van der Waals surface area contributed by atoms with Crippen LogP contribution in [0.5, 0.6) is 0 Å². The van der Waals surface area contributed by atoms with Gasteiger partial charge in [-0.15, -0.1) is 0 Å². The van der Waals surface area contributed by atoms with Crippen LogP contribution in [-0.2, 0) is 6.42 Å². The molecule has 0 saturated heterocycles. The Morgan fingerprint density at radius 1 is 1.19 bits per heavy atom. The van der Waals surface area contributed by atoms with Crippen molar-refractivity contribution in [2.24, 2.45) is 0 Å². The molecule has 0 aromatic heterocycles. The predicted octanol–water partition coefficient (Wildman–Crippen LogP) is 3.48. The first-order valence-corrected chi connectivity index (χ1v) is 7.34. The highest BCUT2D eigenvalue weighted by Crippen LogP contribution is 2.31. The fourth-order valence-electron chi connectivity index (χ4n) is 3.14. The molecule has 3 nitrogen and oxygen atoms in total. The SMILES string of the molecule is Cc1cc(N)cc(C(=O)N2CCCc3cccc(C)c32)c1. The van der Waals surface area contributed by atoms with Crippen molar-refractivity contribution in [3.8, 4) is 0 Å². The van der Waals surface area contributed by atoms with E-state index < -0.39 is 0 Å². The Balaban J connectivity index is 2.04. The van der Waals surface area contributed by atoms with Crippen LogP contribution in [0.2, 0.25) is 0 Å². The molecule has 3 rings (SSSR count). The van der Waals surface area contributed by atoms with E-state index in [-0.39, 0.29) is 5.91 Å². The number of hydrogen-bond donors (Lipinski definition) is 1. The second kappa shape index (κ2) is 5.24. The van der Waals surface area contributed by atoms with Gasteiger partial charge in [0.05, 0.1) is 5.69 Å². The first-order chi connectivity index (χ1) is 10.1. The minimum atomic E-state index is 0.0423. The highest BCUT2D eigenvalue weighted by Gasteiger charge is 2.25. The molecule has 0 saturated carbocycles. The van der Waals surface area contributed by atoms with Crippen LogP contribution in [0.1, 0.15) is 33.5 Å². The Labute approximate surface area is 125 Å². The average molecular weight is 280 g/mol. The molecule has 0 unspecified atom stereocenters. The zero-order valence-corrected chi connectivity index (χ0v) is 12.5. The summed E-state index contributed by atoms with van der Waals surface area (Å²) >= 11 is 0. The van der Waals surface area contributed by atoms with Gasteiger partial charge in [0, 0.05) is 17.8 Å². The summed E-state index contributed by atoms with van der Waals surface area (Å²) in [6.45, 7) is 4.79. The molecule has 3 heteroatoms. The van der Waals surface area contributed by atoms with Gasteiger partial charge >= 0.3 is 0 Å². The molecular formula is C18H20N2O. The third-order valence-corrected chi connectivity index (χ3v) is 4.01. The van der Waals surface area contributed by atoms with Crippen LogP contribution in [0.15, 0.2) is 36.4 Å². The van der Waals surface area contributed by atoms with Crippen LogP contribution in [0.3, 0.4) is 0 Å². The highest BCUT2D eigenvalue weighted by atomic mass is 16.2. The van der Waals surface area contributed by atoms with Gasteiger partial charge in [0.1, 0.15) is 0 Å². The van der Waals surface area contributed by atoms with E-state index in [9.17, 15) is 4.79 Å². The molecule has 0 spiro atoms. The summed E-state index contributed by atoms with van der Waals surface area (Å²) in [5.41, 5.74) is 11.7. The Morgan fingerprint density at radius 3 is 2.76 bits per heavy atom. The molecule has 0 radical (unpaired) electrons. The van der Waals surface area contributed by atoms with E-state index in [0.717, 1.165) is 36.2 Å². The topological polar surface area (TPSA) is 46.3 Å². The van der Waals surface area contributed by atoms with Crippen molar-refractivity contribution in [2.45, 2.75) is 26.7 Å². The number of fused-ring (bicyclic) bond motifs is 1. The molecule has 2 aromatic carbocycles. The second-order valence-electron chi connectivity index (χ2n) is 5.78. The monoisotopic (exact) mass is 280 g/mol. The Hall–Kier alpha value is -2.29. The zero-order chi connectivity index (χ0) is 15.0. The Bertz CT molecular complexity index is 686. The summed E-state index contributed by atoms with van der Waals surface area (Å²) in [6.07, 6.45) is 2.04. The summed E-state index contributed by atoms with van der Waals surface area (Å²) in [7, 11) is 0. The lowest BCUT2D eigenvalue weighted by molar-refractivity contribution is 0.0985. The minimum absolute atomic E-state index is 0.0423. The fourth-order valence-corrected chi connectivity index (χ4v) is 3.14. The Morgan fingerprint density at radius 2 is 2.00 bits per heavy atom. The van der Waals surface area contributed by atoms with E-state index in [2.05, 4.69) is 25.1 Å². The molecule has 1 aliphatic rings. The van der Waals surface area contributed by atoms with E-state index in [4.69, 9.17) is 5.73 Å². The number of nitrogens with zero attached hydrogens (tertiary/aromatic N) is 1. The number of nitrogens with two attached hydrogens (primary N) is 1. The average Bonchev–Trinajstić information content (AvgIpc) is 2.45. The largest absolute Gasteiger partial charge is 0.399 e. The summed E-state index contributed by atoms with van der Waals surface area (Å²) in [4.78, 5) is 14.8. The van der Waals surface area contributed by atoms with Crippen LogP contribution in [0, 0.1) is 13.8 Å². The molecule has 0 bridgehead atoms. The quantitative estimate of drug-likeness (QED) is 0.813. The van der Waals surface area contributed by atoms with Gasteiger partial charge in [-0.1, -0.05) is 18.2 Å². The van der Waals surface area contributed by atoms with Crippen LogP contribution in [-0.4, -0.2) is 12.5 Å². The van der Waals surface area contributed by atoms with Crippen LogP contribution >= 0.6 is 0 Å². The first-order valence-electron chi connectivity index (χ1n) is 7.34. The number of nitrogen functional groups attached to an aromatic ring is 1.